The van der Waals surface area contributed by atoms with Gasteiger partial charge in [-0.2, -0.15) is 0 Å². The molecule has 3 aromatic rings. The second-order valence-corrected chi connectivity index (χ2v) is 7.72. The second kappa shape index (κ2) is 5.55. The van der Waals surface area contributed by atoms with Gasteiger partial charge in [0.25, 0.3) is 0 Å². The van der Waals surface area contributed by atoms with Gasteiger partial charge in [-0.05, 0) is 29.3 Å². The fourth-order valence-corrected chi connectivity index (χ4v) is 3.36. The number of nitrogens with one attached hydrogen (secondary N) is 2. The fraction of sp³-hybridized carbons (Fsp3) is 0.188. The van der Waals surface area contributed by atoms with E-state index < -0.39 is 9.84 Å². The van der Waals surface area contributed by atoms with E-state index in [1.165, 1.54) is 12.4 Å². The number of aromatic amines is 1. The summed E-state index contributed by atoms with van der Waals surface area (Å²) in [6.07, 6.45) is 4.32. The molecular weight excluding hydrogens is 342 g/mol. The van der Waals surface area contributed by atoms with Crippen LogP contribution < -0.4 is 10.1 Å². The van der Waals surface area contributed by atoms with E-state index in [0.29, 0.717) is 29.1 Å². The molecule has 2 N–H and O–H groups in total. The molecule has 1 aromatic carbocycles. The van der Waals surface area contributed by atoms with Gasteiger partial charge in [0.1, 0.15) is 28.6 Å². The average Bonchev–Trinajstić information content (AvgIpc) is 3.20. The molecule has 3 heterocycles. The summed E-state index contributed by atoms with van der Waals surface area (Å²) in [5.41, 5.74) is 3.27. The first kappa shape index (κ1) is 15.6. The van der Waals surface area contributed by atoms with Gasteiger partial charge in [-0.25, -0.2) is 18.4 Å². The highest BCUT2D eigenvalue weighted by Crippen LogP contribution is 2.34. The number of nitrogens with zero attached hydrogens (tertiary/aromatic N) is 3. The summed E-state index contributed by atoms with van der Waals surface area (Å²) in [5.74, 6) is 1.15. The maximum atomic E-state index is 11.8. The normalized spacial score (nSPS) is 13.2. The molecule has 0 unspecified atom stereocenters. The molecule has 0 bridgehead atoms. The van der Waals surface area contributed by atoms with Crippen LogP contribution in [0.25, 0.3) is 11.0 Å². The number of sulfone groups is 1. The molecule has 0 fully saturated rings. The number of hydrogen-bond donors (Lipinski definition) is 2. The van der Waals surface area contributed by atoms with Crippen LogP contribution in [0.2, 0.25) is 0 Å². The Morgan fingerprint density at radius 3 is 2.84 bits per heavy atom. The molecule has 0 saturated heterocycles. The van der Waals surface area contributed by atoms with Crippen molar-refractivity contribution in [1.29, 1.82) is 0 Å². The lowest BCUT2D eigenvalue weighted by Gasteiger charge is -2.13. The zero-order valence-electron chi connectivity index (χ0n) is 13.6. The average molecular weight is 357 g/mol. The second-order valence-electron chi connectivity index (χ2n) is 5.74. The van der Waals surface area contributed by atoms with Crippen LogP contribution in [0.3, 0.4) is 0 Å². The number of aromatic nitrogens is 3. The Morgan fingerprint density at radius 1 is 1.24 bits per heavy atom. The fourth-order valence-electron chi connectivity index (χ4n) is 2.75. The SMILES string of the molecule is COc1cc2c(cc1Nc1ncnc3[nH]c(S(C)(=O)=O)cc13)C=NC2. The zero-order valence-corrected chi connectivity index (χ0v) is 14.4. The van der Waals surface area contributed by atoms with Gasteiger partial charge in [-0.3, -0.25) is 4.99 Å². The van der Waals surface area contributed by atoms with Crippen LogP contribution in [0.15, 0.2) is 34.5 Å². The Labute approximate surface area is 143 Å². The number of H-pyrrole nitrogens is 1. The number of anilines is 2. The van der Waals surface area contributed by atoms with Crippen molar-refractivity contribution in [3.63, 3.8) is 0 Å². The predicted octanol–water partition coefficient (Wildman–Crippen LogP) is 2.05. The van der Waals surface area contributed by atoms with Crippen molar-refractivity contribution in [1.82, 2.24) is 15.0 Å². The minimum atomic E-state index is -3.37. The van der Waals surface area contributed by atoms with Crippen molar-refractivity contribution in [3.8, 4) is 5.75 Å². The van der Waals surface area contributed by atoms with Crippen molar-refractivity contribution in [2.75, 3.05) is 18.7 Å². The van der Waals surface area contributed by atoms with Gasteiger partial charge in [0, 0.05) is 12.5 Å². The van der Waals surface area contributed by atoms with Crippen molar-refractivity contribution in [2.45, 2.75) is 11.6 Å². The number of rotatable bonds is 4. The van der Waals surface area contributed by atoms with Gasteiger partial charge < -0.3 is 15.0 Å². The minimum Gasteiger partial charge on any atom is -0.495 e. The van der Waals surface area contributed by atoms with Gasteiger partial charge >= 0.3 is 0 Å². The predicted molar refractivity (Wildman–Crippen MR) is 94.6 cm³/mol. The number of methoxy groups -OCH3 is 1. The van der Waals surface area contributed by atoms with Gasteiger partial charge in [0.15, 0.2) is 9.84 Å². The van der Waals surface area contributed by atoms with Gasteiger partial charge in [0.2, 0.25) is 0 Å². The Balaban J connectivity index is 1.81. The van der Waals surface area contributed by atoms with E-state index in [-0.39, 0.29) is 5.03 Å². The molecule has 1 aliphatic rings. The molecule has 0 radical (unpaired) electrons. The monoisotopic (exact) mass is 357 g/mol. The smallest absolute Gasteiger partial charge is 0.190 e. The number of hydrogen-bond acceptors (Lipinski definition) is 7. The van der Waals surface area contributed by atoms with Gasteiger partial charge in [0.05, 0.1) is 24.7 Å². The van der Waals surface area contributed by atoms with Crippen LogP contribution in [0.5, 0.6) is 5.75 Å². The van der Waals surface area contributed by atoms with E-state index in [2.05, 4.69) is 25.3 Å². The molecule has 128 valence electrons. The quantitative estimate of drug-likeness (QED) is 0.739. The van der Waals surface area contributed by atoms with E-state index >= 15 is 0 Å². The zero-order chi connectivity index (χ0) is 17.6. The van der Waals surface area contributed by atoms with Crippen molar-refractivity contribution in [3.05, 3.63) is 35.7 Å². The van der Waals surface area contributed by atoms with Crippen LogP contribution in [0.4, 0.5) is 11.5 Å². The summed E-state index contributed by atoms with van der Waals surface area (Å²) in [4.78, 5) is 15.4. The first-order chi connectivity index (χ1) is 12.0. The van der Waals surface area contributed by atoms with Crippen LogP contribution in [-0.4, -0.2) is 42.9 Å². The molecule has 0 saturated carbocycles. The van der Waals surface area contributed by atoms with E-state index in [0.717, 1.165) is 23.1 Å². The summed E-state index contributed by atoms with van der Waals surface area (Å²) in [5, 5.41) is 3.89. The lowest BCUT2D eigenvalue weighted by Crippen LogP contribution is -2.00. The van der Waals surface area contributed by atoms with E-state index in [1.807, 2.05) is 18.3 Å². The molecule has 0 atom stereocenters. The molecule has 4 rings (SSSR count). The Hall–Kier alpha value is -2.94. The highest BCUT2D eigenvalue weighted by atomic mass is 32.2. The van der Waals surface area contributed by atoms with Crippen molar-refractivity contribution < 1.29 is 13.2 Å². The van der Waals surface area contributed by atoms with E-state index in [4.69, 9.17) is 4.74 Å². The maximum absolute atomic E-state index is 11.8. The minimum absolute atomic E-state index is 0.0964. The summed E-state index contributed by atoms with van der Waals surface area (Å²) in [7, 11) is -1.77. The third kappa shape index (κ3) is 2.72. The van der Waals surface area contributed by atoms with Crippen LogP contribution in [0, 0.1) is 0 Å². The molecular formula is C16H15N5O3S. The molecule has 1 aliphatic heterocycles. The Bertz CT molecular complexity index is 1120. The number of aliphatic imine (C=N–C) groups is 1. The maximum Gasteiger partial charge on any atom is 0.190 e. The summed E-state index contributed by atoms with van der Waals surface area (Å²) in [6.45, 7) is 0.638. The lowest BCUT2D eigenvalue weighted by atomic mass is 10.1. The Kier molecular flexibility index (Phi) is 3.46. The van der Waals surface area contributed by atoms with Crippen LogP contribution in [-0.2, 0) is 16.4 Å². The van der Waals surface area contributed by atoms with Gasteiger partial charge in [-0.1, -0.05) is 0 Å². The van der Waals surface area contributed by atoms with Crippen molar-refractivity contribution >= 4 is 38.6 Å². The van der Waals surface area contributed by atoms with Crippen molar-refractivity contribution in [2.24, 2.45) is 4.99 Å². The largest absolute Gasteiger partial charge is 0.495 e. The number of ether oxygens (including phenoxy) is 1. The van der Waals surface area contributed by atoms with E-state index in [1.54, 1.807) is 7.11 Å². The highest BCUT2D eigenvalue weighted by Gasteiger charge is 2.17. The summed E-state index contributed by atoms with van der Waals surface area (Å²) < 4.78 is 29.0. The molecule has 0 amide bonds. The molecule has 2 aromatic heterocycles. The third-order valence-corrected chi connectivity index (χ3v) is 5.03. The number of benzene rings is 1. The molecule has 9 heteroatoms. The number of fused-ring (bicyclic) bond motifs is 2. The first-order valence-corrected chi connectivity index (χ1v) is 9.36. The molecule has 25 heavy (non-hydrogen) atoms. The molecule has 0 aliphatic carbocycles. The molecule has 0 spiro atoms. The van der Waals surface area contributed by atoms with Gasteiger partial charge in [-0.15, -0.1) is 0 Å². The lowest BCUT2D eigenvalue weighted by molar-refractivity contribution is 0.416. The standard InChI is InChI=1S/C16H15N5O3S/c1-24-13-4-10-7-17-6-9(10)3-12(13)20-15-11-5-14(25(2,22)23)21-16(11)19-8-18-15/h3-6,8H,7H2,1-2H3,(H2,18,19,20,21). The molecule has 8 nitrogen and oxygen atoms in total. The van der Waals surface area contributed by atoms with Crippen LogP contribution in [0.1, 0.15) is 11.1 Å². The third-order valence-electron chi connectivity index (χ3n) is 4.01. The Morgan fingerprint density at radius 2 is 2.08 bits per heavy atom. The topological polar surface area (TPSA) is 109 Å². The first-order valence-electron chi connectivity index (χ1n) is 7.47. The van der Waals surface area contributed by atoms with E-state index in [9.17, 15) is 8.42 Å². The summed E-state index contributed by atoms with van der Waals surface area (Å²) >= 11 is 0. The highest BCUT2D eigenvalue weighted by molar-refractivity contribution is 7.90. The van der Waals surface area contributed by atoms with Crippen LogP contribution >= 0.6 is 0 Å². The summed E-state index contributed by atoms with van der Waals surface area (Å²) in [6, 6.07) is 5.39.